The lowest BCUT2D eigenvalue weighted by atomic mass is 9.90. The van der Waals surface area contributed by atoms with Gasteiger partial charge in [-0.1, -0.05) is 30.3 Å². The highest BCUT2D eigenvalue weighted by Crippen LogP contribution is 2.39. The van der Waals surface area contributed by atoms with Crippen LogP contribution in [0.15, 0.2) is 65.9 Å². The Morgan fingerprint density at radius 2 is 1.70 bits per heavy atom. The number of fused-ring (bicyclic) bond motifs is 1. The summed E-state index contributed by atoms with van der Waals surface area (Å²) in [5, 5.41) is 11.7. The third kappa shape index (κ3) is 4.29. The molecule has 0 saturated carbocycles. The number of ether oxygens (including phenoxy) is 3. The lowest BCUT2D eigenvalue weighted by molar-refractivity contribution is -0.113. The van der Waals surface area contributed by atoms with E-state index in [1.165, 1.54) is 0 Å². The van der Waals surface area contributed by atoms with E-state index in [0.717, 1.165) is 16.3 Å². The molecule has 0 saturated heterocycles. The van der Waals surface area contributed by atoms with Gasteiger partial charge in [0.2, 0.25) is 0 Å². The molecule has 3 aromatic carbocycles. The predicted molar refractivity (Wildman–Crippen MR) is 133 cm³/mol. The number of nitrogens with one attached hydrogen (secondary N) is 3. The number of methoxy groups -OCH3 is 3. The van der Waals surface area contributed by atoms with Gasteiger partial charge in [-0.2, -0.15) is 0 Å². The Morgan fingerprint density at radius 3 is 2.42 bits per heavy atom. The van der Waals surface area contributed by atoms with Crippen LogP contribution in [-0.2, 0) is 4.79 Å². The van der Waals surface area contributed by atoms with Crippen LogP contribution in [0.2, 0.25) is 0 Å². The molecule has 1 aliphatic rings. The van der Waals surface area contributed by atoms with Gasteiger partial charge in [0.1, 0.15) is 17.2 Å². The molecule has 0 spiro atoms. The number of benzene rings is 3. The van der Waals surface area contributed by atoms with Crippen molar-refractivity contribution in [1.29, 1.82) is 0 Å². The second kappa shape index (κ2) is 9.38. The van der Waals surface area contributed by atoms with Crippen molar-refractivity contribution in [2.24, 2.45) is 0 Å². The second-order valence-corrected chi connectivity index (χ2v) is 7.90. The molecule has 0 bridgehead atoms. The van der Waals surface area contributed by atoms with Gasteiger partial charge in [-0.15, -0.1) is 0 Å². The van der Waals surface area contributed by atoms with Crippen LogP contribution < -0.4 is 30.2 Å². The molecular weight excluding hydrogens is 438 g/mol. The molecule has 4 rings (SSSR count). The molecule has 1 heterocycles. The van der Waals surface area contributed by atoms with E-state index in [1.807, 2.05) is 43.3 Å². The number of rotatable bonds is 6. The quantitative estimate of drug-likeness (QED) is 0.471. The summed E-state index contributed by atoms with van der Waals surface area (Å²) < 4.78 is 16.4. The van der Waals surface area contributed by atoms with Gasteiger partial charge in [-0.05, 0) is 48.1 Å². The van der Waals surface area contributed by atoms with Crippen LogP contribution in [-0.4, -0.2) is 32.3 Å². The molecule has 1 aliphatic heterocycles. The molecular formula is C25H25N3O4S. The maximum atomic E-state index is 13.6. The largest absolute Gasteiger partial charge is 0.497 e. The summed E-state index contributed by atoms with van der Waals surface area (Å²) in [5.74, 6) is 1.48. The van der Waals surface area contributed by atoms with Gasteiger partial charge in [-0.3, -0.25) is 4.79 Å². The Hall–Kier alpha value is -3.78. The van der Waals surface area contributed by atoms with Crippen molar-refractivity contribution in [2.75, 3.05) is 26.6 Å². The number of anilines is 1. The van der Waals surface area contributed by atoms with E-state index in [0.29, 0.717) is 39.3 Å². The van der Waals surface area contributed by atoms with E-state index in [9.17, 15) is 4.79 Å². The molecule has 0 aliphatic carbocycles. The SMILES string of the molecule is COc1ccc(OC)c(NC(=O)C2=C(C)NC(=S)N[C@@H]2c2c(OC)ccc3ccccc23)c1. The summed E-state index contributed by atoms with van der Waals surface area (Å²) in [6, 6.07) is 16.6. The Balaban J connectivity index is 1.83. The van der Waals surface area contributed by atoms with Crippen molar-refractivity contribution >= 4 is 39.7 Å². The predicted octanol–water partition coefficient (Wildman–Crippen LogP) is 4.30. The first-order valence-electron chi connectivity index (χ1n) is 10.3. The van der Waals surface area contributed by atoms with Crippen LogP contribution in [0.1, 0.15) is 18.5 Å². The maximum Gasteiger partial charge on any atom is 0.255 e. The minimum atomic E-state index is -0.531. The molecule has 170 valence electrons. The summed E-state index contributed by atoms with van der Waals surface area (Å²) in [7, 11) is 4.73. The first-order chi connectivity index (χ1) is 16.0. The lowest BCUT2D eigenvalue weighted by Gasteiger charge is -2.32. The first-order valence-corrected chi connectivity index (χ1v) is 10.7. The van der Waals surface area contributed by atoms with Crippen molar-refractivity contribution in [1.82, 2.24) is 10.6 Å². The molecule has 1 atom stereocenters. The zero-order valence-electron chi connectivity index (χ0n) is 18.8. The Labute approximate surface area is 197 Å². The zero-order valence-corrected chi connectivity index (χ0v) is 19.6. The van der Waals surface area contributed by atoms with Crippen LogP contribution in [0.4, 0.5) is 5.69 Å². The Bertz CT molecular complexity index is 1270. The van der Waals surface area contributed by atoms with Crippen LogP contribution in [0, 0.1) is 0 Å². The van der Waals surface area contributed by atoms with E-state index in [2.05, 4.69) is 16.0 Å². The molecule has 33 heavy (non-hydrogen) atoms. The van der Waals surface area contributed by atoms with E-state index >= 15 is 0 Å². The summed E-state index contributed by atoms with van der Waals surface area (Å²) in [5.41, 5.74) is 2.47. The number of hydrogen-bond donors (Lipinski definition) is 3. The Morgan fingerprint density at radius 1 is 0.970 bits per heavy atom. The van der Waals surface area contributed by atoms with Crippen LogP contribution in [0.25, 0.3) is 10.8 Å². The van der Waals surface area contributed by atoms with Gasteiger partial charge >= 0.3 is 0 Å². The molecule has 0 radical (unpaired) electrons. The average Bonchev–Trinajstić information content (AvgIpc) is 2.82. The van der Waals surface area contributed by atoms with Gasteiger partial charge in [0.25, 0.3) is 5.91 Å². The fourth-order valence-electron chi connectivity index (χ4n) is 4.06. The summed E-state index contributed by atoms with van der Waals surface area (Å²) in [4.78, 5) is 13.6. The number of allylic oxidation sites excluding steroid dienone is 1. The van der Waals surface area contributed by atoms with Gasteiger partial charge in [0, 0.05) is 17.3 Å². The smallest absolute Gasteiger partial charge is 0.255 e. The van der Waals surface area contributed by atoms with E-state index in [1.54, 1.807) is 39.5 Å². The highest BCUT2D eigenvalue weighted by atomic mass is 32.1. The molecule has 0 fully saturated rings. The van der Waals surface area contributed by atoms with Crippen molar-refractivity contribution in [3.8, 4) is 17.2 Å². The van der Waals surface area contributed by atoms with Crippen molar-refractivity contribution in [2.45, 2.75) is 13.0 Å². The lowest BCUT2D eigenvalue weighted by Crippen LogP contribution is -2.46. The van der Waals surface area contributed by atoms with Crippen LogP contribution in [0.5, 0.6) is 17.2 Å². The number of hydrogen-bond acceptors (Lipinski definition) is 5. The fraction of sp³-hybridized carbons (Fsp3) is 0.200. The summed E-state index contributed by atoms with van der Waals surface area (Å²) in [6.07, 6.45) is 0. The third-order valence-electron chi connectivity index (χ3n) is 5.61. The molecule has 0 aromatic heterocycles. The average molecular weight is 464 g/mol. The first kappa shape index (κ1) is 22.4. The van der Waals surface area contributed by atoms with E-state index < -0.39 is 6.04 Å². The van der Waals surface area contributed by atoms with Gasteiger partial charge < -0.3 is 30.2 Å². The topological polar surface area (TPSA) is 80.9 Å². The summed E-state index contributed by atoms with van der Waals surface area (Å²) >= 11 is 5.44. The highest BCUT2D eigenvalue weighted by molar-refractivity contribution is 7.80. The van der Waals surface area contributed by atoms with Crippen LogP contribution in [0.3, 0.4) is 0 Å². The normalized spacial score (nSPS) is 15.5. The fourth-order valence-corrected chi connectivity index (χ4v) is 4.34. The second-order valence-electron chi connectivity index (χ2n) is 7.49. The van der Waals surface area contributed by atoms with Gasteiger partial charge in [-0.25, -0.2) is 0 Å². The minimum absolute atomic E-state index is 0.304. The van der Waals surface area contributed by atoms with E-state index in [4.69, 9.17) is 26.4 Å². The van der Waals surface area contributed by atoms with Crippen LogP contribution >= 0.6 is 12.2 Å². The minimum Gasteiger partial charge on any atom is -0.497 e. The summed E-state index contributed by atoms with van der Waals surface area (Å²) in [6.45, 7) is 1.83. The van der Waals surface area contributed by atoms with Crippen molar-refractivity contribution < 1.29 is 19.0 Å². The van der Waals surface area contributed by atoms with Gasteiger partial charge in [0.15, 0.2) is 5.11 Å². The molecule has 1 amide bonds. The van der Waals surface area contributed by atoms with Gasteiger partial charge in [0.05, 0.1) is 38.6 Å². The highest BCUT2D eigenvalue weighted by Gasteiger charge is 2.33. The van der Waals surface area contributed by atoms with Crippen molar-refractivity contribution in [3.63, 3.8) is 0 Å². The number of amides is 1. The molecule has 3 aromatic rings. The number of carbonyl (C=O) groups is 1. The molecule has 8 heteroatoms. The molecule has 0 unspecified atom stereocenters. The van der Waals surface area contributed by atoms with E-state index in [-0.39, 0.29) is 5.91 Å². The monoisotopic (exact) mass is 463 g/mol. The Kier molecular flexibility index (Phi) is 6.37. The maximum absolute atomic E-state index is 13.6. The number of carbonyl (C=O) groups excluding carboxylic acids is 1. The molecule has 3 N–H and O–H groups in total. The number of thiocarbonyl (C=S) groups is 1. The molecule has 7 nitrogen and oxygen atoms in total. The van der Waals surface area contributed by atoms with Crippen molar-refractivity contribution in [3.05, 3.63) is 71.4 Å². The third-order valence-corrected chi connectivity index (χ3v) is 5.83. The standard InChI is InChI=1S/C25H25N3O4S/c1-14-21(24(29)27-18-13-16(30-2)10-12-19(18)31-3)23(28-25(33)26-14)22-17-8-6-5-7-15(17)9-11-20(22)32-4/h5-13,23H,1-4H3,(H,27,29)(H2,26,28,33)/t23-/m0/s1. The zero-order chi connectivity index (χ0) is 23.5.